The van der Waals surface area contributed by atoms with Gasteiger partial charge in [-0.3, -0.25) is 4.79 Å². The Kier molecular flexibility index (Phi) is 3.96. The van der Waals surface area contributed by atoms with E-state index < -0.39 is 0 Å². The molecule has 0 aliphatic rings. The van der Waals surface area contributed by atoms with Crippen LogP contribution in [0.4, 0.5) is 0 Å². The van der Waals surface area contributed by atoms with Crippen molar-refractivity contribution in [2.24, 2.45) is 0 Å². The maximum absolute atomic E-state index is 11.2. The van der Waals surface area contributed by atoms with Gasteiger partial charge in [0, 0.05) is 19.7 Å². The third kappa shape index (κ3) is 2.85. The molecule has 0 bridgehead atoms. The van der Waals surface area contributed by atoms with Crippen LogP contribution in [0.15, 0.2) is 37.0 Å². The molecule has 0 aromatic rings. The third-order valence-corrected chi connectivity index (χ3v) is 1.17. The molecule has 60 valence electrons. The number of nitrogens with zero attached hydrogens (tertiary/aromatic N) is 1. The highest BCUT2D eigenvalue weighted by Crippen LogP contribution is 1.99. The monoisotopic (exact) mass is 151 g/mol. The molecule has 2 nitrogen and oxygen atoms in total. The molecule has 1 amide bonds. The third-order valence-electron chi connectivity index (χ3n) is 1.17. The van der Waals surface area contributed by atoms with Gasteiger partial charge in [-0.05, 0) is 0 Å². The van der Waals surface area contributed by atoms with Gasteiger partial charge in [-0.25, -0.2) is 0 Å². The van der Waals surface area contributed by atoms with Crippen molar-refractivity contribution in [3.8, 4) is 0 Å². The number of amides is 1. The second-order valence-corrected chi connectivity index (χ2v) is 2.26. The van der Waals surface area contributed by atoms with Crippen LogP contribution in [0.1, 0.15) is 0 Å². The van der Waals surface area contributed by atoms with Crippen LogP contribution in [-0.2, 0) is 4.79 Å². The molecule has 0 N–H and O–H groups in total. The van der Waals surface area contributed by atoms with Crippen LogP contribution in [0.2, 0.25) is 0 Å². The molecule has 0 aromatic heterocycles. The zero-order valence-electron chi connectivity index (χ0n) is 7.00. The second-order valence-electron chi connectivity index (χ2n) is 2.26. The summed E-state index contributed by atoms with van der Waals surface area (Å²) >= 11 is 0. The van der Waals surface area contributed by atoms with Gasteiger partial charge in [0.2, 0.25) is 0 Å². The molecule has 0 rings (SSSR count). The smallest absolute Gasteiger partial charge is 0.253 e. The first-order valence-corrected chi connectivity index (χ1v) is 3.30. The average molecular weight is 151 g/mol. The van der Waals surface area contributed by atoms with Gasteiger partial charge in [0.15, 0.2) is 0 Å². The summed E-state index contributed by atoms with van der Waals surface area (Å²) in [6.45, 7) is 7.01. The van der Waals surface area contributed by atoms with Gasteiger partial charge in [0.25, 0.3) is 5.91 Å². The fourth-order valence-corrected chi connectivity index (χ4v) is 0.612. The van der Waals surface area contributed by atoms with E-state index in [1.54, 1.807) is 26.2 Å². The summed E-state index contributed by atoms with van der Waals surface area (Å²) in [4.78, 5) is 12.7. The molecule has 0 aromatic carbocycles. The predicted molar refractivity (Wildman–Crippen MR) is 47.2 cm³/mol. The van der Waals surface area contributed by atoms with Crippen LogP contribution in [0.5, 0.6) is 0 Å². The van der Waals surface area contributed by atoms with E-state index in [0.717, 1.165) is 0 Å². The van der Waals surface area contributed by atoms with E-state index in [1.807, 2.05) is 0 Å². The lowest BCUT2D eigenvalue weighted by atomic mass is 10.2. The summed E-state index contributed by atoms with van der Waals surface area (Å²) in [6, 6.07) is 0. The summed E-state index contributed by atoms with van der Waals surface area (Å²) < 4.78 is 0. The van der Waals surface area contributed by atoms with Gasteiger partial charge in [0.05, 0.1) is 0 Å². The summed E-state index contributed by atoms with van der Waals surface area (Å²) in [5.41, 5.74) is 0.560. The Labute approximate surface area is 67.5 Å². The van der Waals surface area contributed by atoms with Crippen molar-refractivity contribution in [3.05, 3.63) is 37.0 Å². The first-order valence-electron chi connectivity index (χ1n) is 3.30. The molecule has 0 spiro atoms. The zero-order chi connectivity index (χ0) is 8.85. The SMILES string of the molecule is C=C/C=C(\C=C)C(=O)N(C)C. The Balaban J connectivity index is 4.51. The molecular formula is C9H13NO. The molecular weight excluding hydrogens is 138 g/mol. The van der Waals surface area contributed by atoms with Crippen molar-refractivity contribution in [2.75, 3.05) is 14.1 Å². The Bertz CT molecular complexity index is 202. The van der Waals surface area contributed by atoms with E-state index in [4.69, 9.17) is 0 Å². The molecule has 0 aliphatic heterocycles. The Morgan fingerprint density at radius 1 is 1.36 bits per heavy atom. The highest BCUT2D eigenvalue weighted by molar-refractivity contribution is 5.95. The fraction of sp³-hybridized carbons (Fsp3) is 0.222. The van der Waals surface area contributed by atoms with Gasteiger partial charge >= 0.3 is 0 Å². The van der Waals surface area contributed by atoms with Crippen LogP contribution >= 0.6 is 0 Å². The number of hydrogen-bond donors (Lipinski definition) is 0. The number of rotatable bonds is 3. The van der Waals surface area contributed by atoms with Crippen molar-refractivity contribution in [1.82, 2.24) is 4.90 Å². The van der Waals surface area contributed by atoms with E-state index in [-0.39, 0.29) is 5.91 Å². The van der Waals surface area contributed by atoms with Gasteiger partial charge in [-0.2, -0.15) is 0 Å². The summed E-state index contributed by atoms with van der Waals surface area (Å²) in [5, 5.41) is 0. The normalized spacial score (nSPS) is 10.5. The predicted octanol–water partition coefficient (Wildman–Crippen LogP) is 1.37. The molecule has 0 aliphatic carbocycles. The van der Waals surface area contributed by atoms with Crippen molar-refractivity contribution in [2.45, 2.75) is 0 Å². The average Bonchev–Trinajstić information content (AvgIpc) is 1.98. The highest BCUT2D eigenvalue weighted by atomic mass is 16.2. The quantitative estimate of drug-likeness (QED) is 0.440. The maximum atomic E-state index is 11.2. The van der Waals surface area contributed by atoms with Crippen LogP contribution in [0.3, 0.4) is 0 Å². The first-order chi connectivity index (χ1) is 5.13. The van der Waals surface area contributed by atoms with E-state index in [1.165, 1.54) is 11.0 Å². The van der Waals surface area contributed by atoms with Crippen LogP contribution < -0.4 is 0 Å². The Hall–Kier alpha value is -1.31. The molecule has 0 saturated heterocycles. The minimum atomic E-state index is -0.0556. The van der Waals surface area contributed by atoms with E-state index in [0.29, 0.717) is 5.57 Å². The number of carbonyl (C=O) groups excluding carboxylic acids is 1. The van der Waals surface area contributed by atoms with Gasteiger partial charge in [0.1, 0.15) is 0 Å². The summed E-state index contributed by atoms with van der Waals surface area (Å²) in [5.74, 6) is -0.0556. The van der Waals surface area contributed by atoms with Gasteiger partial charge < -0.3 is 4.90 Å². The molecule has 0 atom stereocenters. The van der Waals surface area contributed by atoms with Crippen LogP contribution in [0, 0.1) is 0 Å². The molecule has 0 unspecified atom stereocenters. The number of hydrogen-bond acceptors (Lipinski definition) is 1. The minimum absolute atomic E-state index is 0.0556. The Morgan fingerprint density at radius 3 is 2.18 bits per heavy atom. The van der Waals surface area contributed by atoms with Crippen LogP contribution in [0.25, 0.3) is 0 Å². The number of carbonyl (C=O) groups is 1. The molecule has 11 heavy (non-hydrogen) atoms. The highest BCUT2D eigenvalue weighted by Gasteiger charge is 2.05. The fourth-order valence-electron chi connectivity index (χ4n) is 0.612. The lowest BCUT2D eigenvalue weighted by Crippen LogP contribution is -2.22. The summed E-state index contributed by atoms with van der Waals surface area (Å²) in [6.07, 6.45) is 4.72. The van der Waals surface area contributed by atoms with E-state index in [2.05, 4.69) is 13.2 Å². The van der Waals surface area contributed by atoms with Gasteiger partial charge in [-0.15, -0.1) is 0 Å². The van der Waals surface area contributed by atoms with Crippen LogP contribution in [-0.4, -0.2) is 24.9 Å². The van der Waals surface area contributed by atoms with Crippen molar-refractivity contribution in [1.29, 1.82) is 0 Å². The van der Waals surface area contributed by atoms with E-state index >= 15 is 0 Å². The standard InChI is InChI=1S/C9H13NO/c1-5-7-8(6-2)9(11)10(3)4/h5-7H,1-2H2,3-4H3/b8-7+. The maximum Gasteiger partial charge on any atom is 0.253 e. The van der Waals surface area contributed by atoms with Gasteiger partial charge in [-0.1, -0.05) is 31.4 Å². The number of likely N-dealkylation sites (N-methyl/N-ethyl adjacent to an activating group) is 1. The molecule has 0 heterocycles. The zero-order valence-corrected chi connectivity index (χ0v) is 7.00. The lowest BCUT2D eigenvalue weighted by molar-refractivity contribution is -0.124. The lowest BCUT2D eigenvalue weighted by Gasteiger charge is -2.09. The molecule has 0 radical (unpaired) electrons. The minimum Gasteiger partial charge on any atom is -0.345 e. The number of allylic oxidation sites excluding steroid dienone is 2. The van der Waals surface area contributed by atoms with Crippen molar-refractivity contribution >= 4 is 5.91 Å². The Morgan fingerprint density at radius 2 is 1.91 bits per heavy atom. The molecule has 0 fully saturated rings. The van der Waals surface area contributed by atoms with Crippen molar-refractivity contribution in [3.63, 3.8) is 0 Å². The topological polar surface area (TPSA) is 20.3 Å². The van der Waals surface area contributed by atoms with E-state index in [9.17, 15) is 4.79 Å². The molecule has 2 heteroatoms. The summed E-state index contributed by atoms with van der Waals surface area (Å²) in [7, 11) is 3.39. The second kappa shape index (κ2) is 4.50. The van der Waals surface area contributed by atoms with Crippen molar-refractivity contribution < 1.29 is 4.79 Å². The molecule has 0 saturated carbocycles. The first kappa shape index (κ1) is 9.69. The largest absolute Gasteiger partial charge is 0.345 e.